The van der Waals surface area contributed by atoms with Gasteiger partial charge in [0.15, 0.2) is 5.75 Å². The van der Waals surface area contributed by atoms with Gasteiger partial charge in [-0.15, -0.1) is 0 Å². The van der Waals surface area contributed by atoms with Gasteiger partial charge in [0.25, 0.3) is 0 Å². The highest BCUT2D eigenvalue weighted by atomic mass is 17.2. The number of carbonyl (C=O) groups is 1. The standard InChI is InChI=1S/C11H12O4/c1-3-8(2)11(13)15-14-10-7-5-4-6-9(10)12/h4-7,12H,2-3H2,1H3. The van der Waals surface area contributed by atoms with Crippen LogP contribution in [-0.2, 0) is 9.68 Å². The van der Waals surface area contributed by atoms with Crippen LogP contribution < -0.4 is 4.89 Å². The molecule has 0 radical (unpaired) electrons. The number of para-hydroxylation sites is 2. The minimum Gasteiger partial charge on any atom is -0.504 e. The molecule has 4 heteroatoms. The molecule has 0 aliphatic carbocycles. The number of phenols is 1. The van der Waals surface area contributed by atoms with Gasteiger partial charge >= 0.3 is 5.97 Å². The molecule has 1 aromatic carbocycles. The monoisotopic (exact) mass is 208 g/mol. The first kappa shape index (κ1) is 11.1. The Morgan fingerprint density at radius 1 is 1.47 bits per heavy atom. The third kappa shape index (κ3) is 3.02. The quantitative estimate of drug-likeness (QED) is 0.468. The number of hydrogen-bond donors (Lipinski definition) is 1. The van der Waals surface area contributed by atoms with E-state index in [0.717, 1.165) is 0 Å². The van der Waals surface area contributed by atoms with E-state index >= 15 is 0 Å². The fourth-order valence-corrected chi connectivity index (χ4v) is 0.814. The average molecular weight is 208 g/mol. The van der Waals surface area contributed by atoms with E-state index in [2.05, 4.69) is 16.4 Å². The highest BCUT2D eigenvalue weighted by molar-refractivity contribution is 5.87. The van der Waals surface area contributed by atoms with Crippen LogP contribution in [0.2, 0.25) is 0 Å². The summed E-state index contributed by atoms with van der Waals surface area (Å²) in [4.78, 5) is 20.3. The zero-order chi connectivity index (χ0) is 11.3. The Morgan fingerprint density at radius 2 is 2.13 bits per heavy atom. The maximum Gasteiger partial charge on any atom is 0.381 e. The molecular weight excluding hydrogens is 196 g/mol. The first-order chi connectivity index (χ1) is 7.15. The number of benzene rings is 1. The van der Waals surface area contributed by atoms with Crippen LogP contribution in [-0.4, -0.2) is 11.1 Å². The molecule has 0 saturated heterocycles. The van der Waals surface area contributed by atoms with E-state index in [1.54, 1.807) is 19.1 Å². The molecule has 0 bridgehead atoms. The van der Waals surface area contributed by atoms with E-state index in [4.69, 9.17) is 0 Å². The summed E-state index contributed by atoms with van der Waals surface area (Å²) < 4.78 is 0. The molecule has 0 spiro atoms. The van der Waals surface area contributed by atoms with Crippen molar-refractivity contribution >= 4 is 5.97 Å². The molecule has 1 N–H and O–H groups in total. The summed E-state index contributed by atoms with van der Waals surface area (Å²) in [6.45, 7) is 5.27. The van der Waals surface area contributed by atoms with Crippen molar-refractivity contribution in [1.29, 1.82) is 0 Å². The predicted molar refractivity (Wildman–Crippen MR) is 54.3 cm³/mol. The molecule has 15 heavy (non-hydrogen) atoms. The Morgan fingerprint density at radius 3 is 2.73 bits per heavy atom. The second-order valence-corrected chi connectivity index (χ2v) is 2.88. The molecule has 0 aromatic heterocycles. The largest absolute Gasteiger partial charge is 0.504 e. The summed E-state index contributed by atoms with van der Waals surface area (Å²) >= 11 is 0. The summed E-state index contributed by atoms with van der Waals surface area (Å²) in [6, 6.07) is 6.20. The summed E-state index contributed by atoms with van der Waals surface area (Å²) in [5.41, 5.74) is 0.311. The van der Waals surface area contributed by atoms with Crippen LogP contribution in [0, 0.1) is 0 Å². The molecule has 0 heterocycles. The number of hydrogen-bond acceptors (Lipinski definition) is 4. The van der Waals surface area contributed by atoms with Crippen molar-refractivity contribution in [2.24, 2.45) is 0 Å². The van der Waals surface area contributed by atoms with Crippen LogP contribution in [0.15, 0.2) is 36.4 Å². The Balaban J connectivity index is 2.54. The average Bonchev–Trinajstić information content (AvgIpc) is 2.26. The fourth-order valence-electron chi connectivity index (χ4n) is 0.814. The first-order valence-corrected chi connectivity index (χ1v) is 4.49. The summed E-state index contributed by atoms with van der Waals surface area (Å²) in [6.07, 6.45) is 0.489. The lowest BCUT2D eigenvalue weighted by Crippen LogP contribution is -2.09. The Labute approximate surface area is 87.7 Å². The van der Waals surface area contributed by atoms with Gasteiger partial charge in [-0.25, -0.2) is 9.68 Å². The molecule has 0 saturated carbocycles. The van der Waals surface area contributed by atoms with Gasteiger partial charge in [0, 0.05) is 5.57 Å². The molecule has 4 nitrogen and oxygen atoms in total. The third-order valence-corrected chi connectivity index (χ3v) is 1.79. The molecule has 1 rings (SSSR count). The Kier molecular flexibility index (Phi) is 3.74. The minimum atomic E-state index is -0.638. The van der Waals surface area contributed by atoms with Crippen molar-refractivity contribution in [2.45, 2.75) is 13.3 Å². The number of phenolic OH excluding ortho intramolecular Hbond substituents is 1. The summed E-state index contributed by atoms with van der Waals surface area (Å²) in [5.74, 6) is -0.636. The first-order valence-electron chi connectivity index (χ1n) is 4.49. The van der Waals surface area contributed by atoms with Crippen LogP contribution in [0.3, 0.4) is 0 Å². The Hall–Kier alpha value is -1.97. The lowest BCUT2D eigenvalue weighted by Gasteiger charge is -2.05. The molecule has 0 aliphatic heterocycles. The Bertz CT molecular complexity index is 371. The molecule has 0 atom stereocenters. The molecule has 80 valence electrons. The van der Waals surface area contributed by atoms with Crippen LogP contribution >= 0.6 is 0 Å². The predicted octanol–water partition coefficient (Wildman–Crippen LogP) is 2.20. The van der Waals surface area contributed by atoms with Crippen molar-refractivity contribution in [3.8, 4) is 11.5 Å². The van der Waals surface area contributed by atoms with Crippen molar-refractivity contribution < 1.29 is 19.7 Å². The molecule has 0 fully saturated rings. The smallest absolute Gasteiger partial charge is 0.381 e. The van der Waals surface area contributed by atoms with Gasteiger partial charge in [0.05, 0.1) is 0 Å². The normalized spacial score (nSPS) is 9.40. The maximum atomic E-state index is 11.1. The lowest BCUT2D eigenvalue weighted by atomic mass is 10.2. The molecule has 0 unspecified atom stereocenters. The number of rotatable bonds is 4. The second-order valence-electron chi connectivity index (χ2n) is 2.88. The molecular formula is C11H12O4. The van der Waals surface area contributed by atoms with E-state index in [1.165, 1.54) is 12.1 Å². The zero-order valence-electron chi connectivity index (χ0n) is 8.40. The third-order valence-electron chi connectivity index (χ3n) is 1.79. The second kappa shape index (κ2) is 5.05. The van der Waals surface area contributed by atoms with Gasteiger partial charge in [0.1, 0.15) is 0 Å². The highest BCUT2D eigenvalue weighted by Crippen LogP contribution is 2.24. The highest BCUT2D eigenvalue weighted by Gasteiger charge is 2.09. The van der Waals surface area contributed by atoms with Crippen LogP contribution in [0.25, 0.3) is 0 Å². The van der Waals surface area contributed by atoms with Crippen molar-refractivity contribution in [2.75, 3.05) is 0 Å². The van der Waals surface area contributed by atoms with Crippen LogP contribution in [0.1, 0.15) is 13.3 Å². The molecule has 0 amide bonds. The van der Waals surface area contributed by atoms with Gasteiger partial charge in [-0.3, -0.25) is 4.89 Å². The number of aromatic hydroxyl groups is 1. The molecule has 1 aromatic rings. The van der Waals surface area contributed by atoms with Crippen LogP contribution in [0.4, 0.5) is 0 Å². The maximum absolute atomic E-state index is 11.1. The van der Waals surface area contributed by atoms with E-state index in [1.807, 2.05) is 0 Å². The van der Waals surface area contributed by atoms with Crippen molar-refractivity contribution in [3.05, 3.63) is 36.4 Å². The van der Waals surface area contributed by atoms with Gasteiger partial charge < -0.3 is 5.11 Å². The minimum absolute atomic E-state index is 0.0904. The van der Waals surface area contributed by atoms with Gasteiger partial charge in [-0.05, 0) is 18.6 Å². The topological polar surface area (TPSA) is 55.8 Å². The summed E-state index contributed by atoms with van der Waals surface area (Å²) in [7, 11) is 0. The van der Waals surface area contributed by atoms with E-state index < -0.39 is 5.97 Å². The SMILES string of the molecule is C=C(CC)C(=O)OOc1ccccc1O. The van der Waals surface area contributed by atoms with Gasteiger partial charge in [0.2, 0.25) is 5.75 Å². The van der Waals surface area contributed by atoms with Crippen LogP contribution in [0.5, 0.6) is 11.5 Å². The van der Waals surface area contributed by atoms with Crippen molar-refractivity contribution in [3.63, 3.8) is 0 Å². The van der Waals surface area contributed by atoms with E-state index in [0.29, 0.717) is 12.0 Å². The van der Waals surface area contributed by atoms with E-state index in [-0.39, 0.29) is 11.5 Å². The van der Waals surface area contributed by atoms with Crippen molar-refractivity contribution in [1.82, 2.24) is 0 Å². The molecule has 0 aliphatic rings. The van der Waals surface area contributed by atoms with E-state index in [9.17, 15) is 9.90 Å². The van der Waals surface area contributed by atoms with Gasteiger partial charge in [-0.1, -0.05) is 25.6 Å². The zero-order valence-corrected chi connectivity index (χ0v) is 8.40. The van der Waals surface area contributed by atoms with Gasteiger partial charge in [-0.2, -0.15) is 0 Å². The number of carbonyl (C=O) groups excluding carboxylic acids is 1. The lowest BCUT2D eigenvalue weighted by molar-refractivity contribution is -0.209. The fraction of sp³-hybridized carbons (Fsp3) is 0.182. The summed E-state index contributed by atoms with van der Waals surface area (Å²) in [5, 5.41) is 9.28.